The molecular weight excluding hydrogens is 459 g/mol. The lowest BCUT2D eigenvalue weighted by Crippen LogP contribution is -2.49. The van der Waals surface area contributed by atoms with E-state index in [1.54, 1.807) is 24.0 Å². The fourth-order valence-electron chi connectivity index (χ4n) is 4.37. The number of carbonyl (C=O) groups excluding carboxylic acids is 2. The van der Waals surface area contributed by atoms with Gasteiger partial charge in [0.15, 0.2) is 5.82 Å². The largest absolute Gasteiger partial charge is 0.466 e. The molecule has 2 heterocycles. The third-order valence-electron chi connectivity index (χ3n) is 6.28. The Balaban J connectivity index is 1.56. The first-order valence-electron chi connectivity index (χ1n) is 12.3. The van der Waals surface area contributed by atoms with Gasteiger partial charge >= 0.3 is 5.97 Å². The van der Waals surface area contributed by atoms with E-state index in [-0.39, 0.29) is 30.5 Å². The summed E-state index contributed by atoms with van der Waals surface area (Å²) in [6.07, 6.45) is 0.911. The second-order valence-corrected chi connectivity index (χ2v) is 8.78. The molecule has 1 aliphatic heterocycles. The highest BCUT2D eigenvalue weighted by Crippen LogP contribution is 2.28. The summed E-state index contributed by atoms with van der Waals surface area (Å²) in [6.45, 7) is 6.29. The first-order valence-corrected chi connectivity index (χ1v) is 12.3. The minimum absolute atomic E-state index is 0.0495. The zero-order valence-electron chi connectivity index (χ0n) is 20.7. The molecule has 0 bridgehead atoms. The molecule has 36 heavy (non-hydrogen) atoms. The molecule has 0 saturated carbocycles. The number of rotatable bonds is 8. The predicted molar refractivity (Wildman–Crippen MR) is 136 cm³/mol. The van der Waals surface area contributed by atoms with Crippen molar-refractivity contribution in [1.82, 2.24) is 14.9 Å². The molecule has 1 saturated heterocycles. The van der Waals surface area contributed by atoms with Crippen LogP contribution in [0.3, 0.4) is 0 Å². The number of esters is 1. The van der Waals surface area contributed by atoms with E-state index >= 15 is 0 Å². The Hall–Kier alpha value is -3.81. The molecule has 0 radical (unpaired) electrons. The van der Waals surface area contributed by atoms with Crippen LogP contribution in [0.25, 0.3) is 11.4 Å². The first-order chi connectivity index (χ1) is 17.4. The standard InChI is InChI=1S/C28H31FN4O3/c1-3-36-26(35)13-12-25(34)32-14-16-33(17-15-32)28-24(18-21-8-5-4-6-9-21)20(2)30-27(31-28)22-10-7-11-23(29)19-22/h4-11,19H,3,12-18H2,1-2H3. The van der Waals surface area contributed by atoms with Crippen LogP contribution in [0.5, 0.6) is 0 Å². The number of piperazine rings is 1. The van der Waals surface area contributed by atoms with Crippen LogP contribution < -0.4 is 4.90 Å². The van der Waals surface area contributed by atoms with E-state index in [1.165, 1.54) is 12.1 Å². The SMILES string of the molecule is CCOC(=O)CCC(=O)N1CCN(c2nc(-c3cccc(F)c3)nc(C)c2Cc2ccccc2)CC1. The minimum atomic E-state index is -0.351. The van der Waals surface area contributed by atoms with E-state index in [2.05, 4.69) is 17.0 Å². The van der Waals surface area contributed by atoms with Crippen molar-refractivity contribution in [1.29, 1.82) is 0 Å². The topological polar surface area (TPSA) is 75.6 Å². The van der Waals surface area contributed by atoms with Gasteiger partial charge in [-0.05, 0) is 31.5 Å². The van der Waals surface area contributed by atoms with Crippen LogP contribution in [-0.2, 0) is 20.7 Å². The van der Waals surface area contributed by atoms with Gasteiger partial charge in [0, 0.05) is 55.8 Å². The van der Waals surface area contributed by atoms with Crippen LogP contribution >= 0.6 is 0 Å². The summed E-state index contributed by atoms with van der Waals surface area (Å²) in [5.74, 6) is 0.553. The zero-order valence-corrected chi connectivity index (χ0v) is 20.7. The molecule has 0 atom stereocenters. The lowest BCUT2D eigenvalue weighted by molar-refractivity contribution is -0.145. The molecule has 188 valence electrons. The molecular formula is C28H31FN4O3. The van der Waals surface area contributed by atoms with Gasteiger partial charge in [-0.3, -0.25) is 9.59 Å². The monoisotopic (exact) mass is 490 g/mol. The maximum Gasteiger partial charge on any atom is 0.306 e. The van der Waals surface area contributed by atoms with Gasteiger partial charge in [0.05, 0.1) is 13.0 Å². The van der Waals surface area contributed by atoms with Gasteiger partial charge in [0.25, 0.3) is 0 Å². The van der Waals surface area contributed by atoms with Gasteiger partial charge in [-0.25, -0.2) is 14.4 Å². The lowest BCUT2D eigenvalue weighted by atomic mass is 10.0. The molecule has 0 aliphatic carbocycles. The molecule has 1 aliphatic rings. The van der Waals surface area contributed by atoms with Crippen LogP contribution in [0.15, 0.2) is 54.6 Å². The maximum absolute atomic E-state index is 13.9. The normalized spacial score (nSPS) is 13.5. The van der Waals surface area contributed by atoms with Crippen LogP contribution in [0.2, 0.25) is 0 Å². The van der Waals surface area contributed by atoms with Crippen molar-refractivity contribution >= 4 is 17.7 Å². The van der Waals surface area contributed by atoms with Crippen LogP contribution in [0.4, 0.5) is 10.2 Å². The summed E-state index contributed by atoms with van der Waals surface area (Å²) < 4.78 is 18.8. The van der Waals surface area contributed by atoms with E-state index in [0.717, 1.165) is 22.6 Å². The summed E-state index contributed by atoms with van der Waals surface area (Å²) in [5, 5.41) is 0. The van der Waals surface area contributed by atoms with Gasteiger partial charge in [-0.2, -0.15) is 0 Å². The van der Waals surface area contributed by atoms with Gasteiger partial charge in [-0.1, -0.05) is 42.5 Å². The average molecular weight is 491 g/mol. The number of aryl methyl sites for hydroxylation is 1. The van der Waals surface area contributed by atoms with Crippen molar-refractivity contribution in [2.75, 3.05) is 37.7 Å². The number of nitrogens with zero attached hydrogens (tertiary/aromatic N) is 4. The van der Waals surface area contributed by atoms with E-state index in [4.69, 9.17) is 14.7 Å². The lowest BCUT2D eigenvalue weighted by Gasteiger charge is -2.36. The highest BCUT2D eigenvalue weighted by molar-refractivity contribution is 5.81. The van der Waals surface area contributed by atoms with Crippen molar-refractivity contribution < 1.29 is 18.7 Å². The number of halogens is 1. The van der Waals surface area contributed by atoms with Crippen LogP contribution in [0.1, 0.15) is 36.6 Å². The average Bonchev–Trinajstić information content (AvgIpc) is 2.89. The van der Waals surface area contributed by atoms with Crippen molar-refractivity contribution in [3.63, 3.8) is 0 Å². The molecule has 0 spiro atoms. The van der Waals surface area contributed by atoms with E-state index < -0.39 is 0 Å². The summed E-state index contributed by atoms with van der Waals surface area (Å²) >= 11 is 0. The summed E-state index contributed by atoms with van der Waals surface area (Å²) in [7, 11) is 0. The molecule has 8 heteroatoms. The third-order valence-corrected chi connectivity index (χ3v) is 6.28. The van der Waals surface area contributed by atoms with Gasteiger partial charge < -0.3 is 14.5 Å². The second kappa shape index (κ2) is 11.7. The summed E-state index contributed by atoms with van der Waals surface area (Å²) in [6, 6.07) is 16.4. The van der Waals surface area contributed by atoms with E-state index in [1.807, 2.05) is 25.1 Å². The number of carbonyl (C=O) groups is 2. The van der Waals surface area contributed by atoms with Crippen molar-refractivity contribution in [3.05, 3.63) is 77.2 Å². The summed E-state index contributed by atoms with van der Waals surface area (Å²) in [5.41, 5.74) is 3.63. The number of benzene rings is 2. The number of anilines is 1. The Kier molecular flexibility index (Phi) is 8.25. The molecule has 1 aromatic heterocycles. The predicted octanol–water partition coefficient (Wildman–Crippen LogP) is 4.17. The van der Waals surface area contributed by atoms with Gasteiger partial charge in [-0.15, -0.1) is 0 Å². The van der Waals surface area contributed by atoms with Crippen molar-refractivity contribution in [2.24, 2.45) is 0 Å². The Bertz CT molecular complexity index is 1210. The Morgan fingerprint density at radius 1 is 0.972 bits per heavy atom. The molecule has 1 fully saturated rings. The highest BCUT2D eigenvalue weighted by Gasteiger charge is 2.25. The maximum atomic E-state index is 13.9. The summed E-state index contributed by atoms with van der Waals surface area (Å²) in [4.78, 5) is 37.8. The number of aromatic nitrogens is 2. The number of amides is 1. The highest BCUT2D eigenvalue weighted by atomic mass is 19.1. The van der Waals surface area contributed by atoms with Crippen molar-refractivity contribution in [2.45, 2.75) is 33.1 Å². The smallest absolute Gasteiger partial charge is 0.306 e. The molecule has 0 N–H and O–H groups in total. The molecule has 3 aromatic rings. The molecule has 7 nitrogen and oxygen atoms in total. The van der Waals surface area contributed by atoms with E-state index in [9.17, 15) is 14.0 Å². The van der Waals surface area contributed by atoms with Crippen LogP contribution in [-0.4, -0.2) is 59.5 Å². The number of hydrogen-bond donors (Lipinski definition) is 0. The molecule has 0 unspecified atom stereocenters. The van der Waals surface area contributed by atoms with Gasteiger partial charge in [0.1, 0.15) is 11.6 Å². The quantitative estimate of drug-likeness (QED) is 0.441. The second-order valence-electron chi connectivity index (χ2n) is 8.78. The van der Waals surface area contributed by atoms with Crippen LogP contribution in [0, 0.1) is 12.7 Å². The van der Waals surface area contributed by atoms with E-state index in [0.29, 0.717) is 50.6 Å². The molecule has 4 rings (SSSR count). The fraction of sp³-hybridized carbons (Fsp3) is 0.357. The fourth-order valence-corrected chi connectivity index (χ4v) is 4.37. The van der Waals surface area contributed by atoms with Crippen molar-refractivity contribution in [3.8, 4) is 11.4 Å². The number of ether oxygens (including phenoxy) is 1. The number of hydrogen-bond acceptors (Lipinski definition) is 6. The minimum Gasteiger partial charge on any atom is -0.466 e. The Morgan fingerprint density at radius 3 is 2.42 bits per heavy atom. The molecule has 2 aromatic carbocycles. The zero-order chi connectivity index (χ0) is 25.5. The Labute approximate surface area is 210 Å². The van der Waals surface area contributed by atoms with Gasteiger partial charge in [0.2, 0.25) is 5.91 Å². The third kappa shape index (κ3) is 6.24. The Morgan fingerprint density at radius 2 is 1.72 bits per heavy atom. The first kappa shape index (κ1) is 25.3. The molecule has 1 amide bonds.